The highest BCUT2D eigenvalue weighted by atomic mass is 35.5. The second-order valence-electron chi connectivity index (χ2n) is 6.69. The van der Waals surface area contributed by atoms with Crippen molar-refractivity contribution in [1.29, 1.82) is 0 Å². The molecule has 0 N–H and O–H groups in total. The molecular formula is C21H17ClN2O3. The molecule has 0 saturated heterocycles. The van der Waals surface area contributed by atoms with E-state index in [0.717, 1.165) is 50.9 Å². The molecule has 0 unspecified atom stereocenters. The Morgan fingerprint density at radius 3 is 2.78 bits per heavy atom. The first-order valence-corrected chi connectivity index (χ1v) is 9.16. The van der Waals surface area contributed by atoms with Crippen molar-refractivity contribution in [3.05, 3.63) is 82.4 Å². The maximum absolute atomic E-state index is 5.97. The van der Waals surface area contributed by atoms with E-state index in [1.54, 1.807) is 6.26 Å². The van der Waals surface area contributed by atoms with E-state index in [0.29, 0.717) is 19.7 Å². The van der Waals surface area contributed by atoms with Gasteiger partial charge in [0, 0.05) is 23.4 Å². The number of hydrogen-bond donors (Lipinski definition) is 0. The number of ether oxygens (including phenoxy) is 1. The van der Waals surface area contributed by atoms with Crippen LogP contribution in [0.5, 0.6) is 5.75 Å². The summed E-state index contributed by atoms with van der Waals surface area (Å²) >= 11 is 5.97. The van der Waals surface area contributed by atoms with Gasteiger partial charge in [0.15, 0.2) is 5.58 Å². The summed E-state index contributed by atoms with van der Waals surface area (Å²) in [6.07, 6.45) is 2.38. The topological polar surface area (TPSA) is 51.6 Å². The van der Waals surface area contributed by atoms with E-state index in [2.05, 4.69) is 10.1 Å². The lowest BCUT2D eigenvalue weighted by molar-refractivity contribution is 0.0825. The molecule has 0 fully saturated rings. The van der Waals surface area contributed by atoms with Gasteiger partial charge in [0.2, 0.25) is 0 Å². The van der Waals surface area contributed by atoms with Crippen molar-refractivity contribution >= 4 is 22.6 Å². The zero-order valence-corrected chi connectivity index (χ0v) is 15.3. The third-order valence-corrected chi connectivity index (χ3v) is 5.06. The first-order valence-electron chi connectivity index (χ1n) is 8.78. The van der Waals surface area contributed by atoms with Crippen molar-refractivity contribution in [3.63, 3.8) is 0 Å². The van der Waals surface area contributed by atoms with Crippen LogP contribution in [0.25, 0.3) is 11.0 Å². The lowest BCUT2D eigenvalue weighted by atomic mass is 10.0. The van der Waals surface area contributed by atoms with Crippen molar-refractivity contribution in [2.45, 2.75) is 19.5 Å². The van der Waals surface area contributed by atoms with Gasteiger partial charge in [-0.3, -0.25) is 4.90 Å². The van der Waals surface area contributed by atoms with Gasteiger partial charge in [0.1, 0.15) is 18.2 Å². The molecule has 1 aliphatic rings. The monoisotopic (exact) mass is 380 g/mol. The van der Waals surface area contributed by atoms with Crippen LogP contribution in [0.15, 0.2) is 63.7 Å². The minimum atomic E-state index is 0.519. The second-order valence-corrected chi connectivity index (χ2v) is 7.13. The first-order chi connectivity index (χ1) is 13.3. The van der Waals surface area contributed by atoms with Gasteiger partial charge in [-0.15, -0.1) is 0 Å². The Kier molecular flexibility index (Phi) is 4.11. The number of benzene rings is 2. The number of halogens is 1. The molecule has 0 atom stereocenters. The lowest BCUT2D eigenvalue weighted by Crippen LogP contribution is -2.31. The molecule has 27 heavy (non-hydrogen) atoms. The van der Waals surface area contributed by atoms with Crippen LogP contribution in [-0.4, -0.2) is 16.8 Å². The smallest absolute Gasteiger partial charge is 0.175 e. The summed E-state index contributed by atoms with van der Waals surface area (Å²) < 4.78 is 17.1. The Bertz CT molecular complexity index is 1070. The van der Waals surface area contributed by atoms with Gasteiger partial charge in [-0.1, -0.05) is 28.9 Å². The number of fused-ring (bicyclic) bond motifs is 3. The van der Waals surface area contributed by atoms with Crippen LogP contribution in [0, 0.1) is 0 Å². The average Bonchev–Trinajstić information content (AvgIpc) is 3.34. The van der Waals surface area contributed by atoms with Gasteiger partial charge in [-0.25, -0.2) is 0 Å². The molecule has 0 aliphatic carbocycles. The number of hydrogen-bond acceptors (Lipinski definition) is 5. The summed E-state index contributed by atoms with van der Waals surface area (Å²) in [6, 6.07) is 15.7. The highest BCUT2D eigenvalue weighted by Gasteiger charge is 2.24. The molecule has 5 nitrogen and oxygen atoms in total. The van der Waals surface area contributed by atoms with Crippen LogP contribution in [0.1, 0.15) is 22.6 Å². The van der Waals surface area contributed by atoms with E-state index in [-0.39, 0.29) is 0 Å². The Morgan fingerprint density at radius 1 is 1.07 bits per heavy atom. The van der Waals surface area contributed by atoms with E-state index >= 15 is 0 Å². The molecule has 0 amide bonds. The fourth-order valence-corrected chi connectivity index (χ4v) is 3.58. The predicted molar refractivity (Wildman–Crippen MR) is 102 cm³/mol. The Labute approximate surface area is 161 Å². The average molecular weight is 381 g/mol. The van der Waals surface area contributed by atoms with Gasteiger partial charge in [0.25, 0.3) is 0 Å². The molecule has 136 valence electrons. The van der Waals surface area contributed by atoms with Crippen molar-refractivity contribution in [1.82, 2.24) is 10.1 Å². The molecule has 2 aromatic heterocycles. The zero-order valence-electron chi connectivity index (χ0n) is 14.5. The summed E-state index contributed by atoms with van der Waals surface area (Å²) in [6.45, 7) is 1.93. The minimum Gasteiger partial charge on any atom is -0.478 e. The highest BCUT2D eigenvalue weighted by molar-refractivity contribution is 6.30. The van der Waals surface area contributed by atoms with Crippen LogP contribution < -0.4 is 4.74 Å². The Balaban J connectivity index is 1.44. The van der Waals surface area contributed by atoms with E-state index < -0.39 is 0 Å². The molecule has 4 aromatic rings. The summed E-state index contributed by atoms with van der Waals surface area (Å²) in [5.41, 5.74) is 3.88. The van der Waals surface area contributed by atoms with Gasteiger partial charge >= 0.3 is 0 Å². The second kappa shape index (κ2) is 6.76. The third kappa shape index (κ3) is 3.20. The van der Waals surface area contributed by atoms with Crippen molar-refractivity contribution in [2.75, 3.05) is 6.73 Å². The van der Waals surface area contributed by atoms with Gasteiger partial charge < -0.3 is 13.7 Å². The maximum atomic E-state index is 5.97. The molecule has 0 spiro atoms. The number of rotatable bonds is 4. The molecule has 3 heterocycles. The molecule has 5 rings (SSSR count). The number of furan rings is 1. The fourth-order valence-electron chi connectivity index (χ4n) is 3.45. The summed E-state index contributed by atoms with van der Waals surface area (Å²) in [5, 5.41) is 6.07. The van der Waals surface area contributed by atoms with Gasteiger partial charge in [-0.2, -0.15) is 0 Å². The third-order valence-electron chi connectivity index (χ3n) is 4.80. The summed E-state index contributed by atoms with van der Waals surface area (Å²) in [5.74, 6) is 1.77. The zero-order chi connectivity index (χ0) is 18.2. The normalized spacial score (nSPS) is 14.3. The minimum absolute atomic E-state index is 0.519. The Hall–Kier alpha value is -2.76. The molecular weight excluding hydrogens is 364 g/mol. The summed E-state index contributed by atoms with van der Waals surface area (Å²) in [7, 11) is 0. The molecule has 0 radical (unpaired) electrons. The van der Waals surface area contributed by atoms with E-state index in [1.807, 2.05) is 48.5 Å². The summed E-state index contributed by atoms with van der Waals surface area (Å²) in [4.78, 5) is 2.17. The van der Waals surface area contributed by atoms with E-state index in [4.69, 9.17) is 25.3 Å². The van der Waals surface area contributed by atoms with Gasteiger partial charge in [0.05, 0.1) is 24.1 Å². The predicted octanol–water partition coefficient (Wildman–Crippen LogP) is 5.02. The van der Waals surface area contributed by atoms with Crippen molar-refractivity contribution in [3.8, 4) is 5.75 Å². The van der Waals surface area contributed by atoms with Crippen LogP contribution in [0.4, 0.5) is 0 Å². The standard InChI is InChI=1S/C21H17ClN2O3/c22-15-5-3-14(4-6-15)10-19-17-7-8-20-18(21(17)27-23-19)12-24(13-26-20)11-16-2-1-9-25-16/h1-9H,10-13H2. The van der Waals surface area contributed by atoms with Crippen LogP contribution in [-0.2, 0) is 19.5 Å². The molecule has 2 aromatic carbocycles. The van der Waals surface area contributed by atoms with Gasteiger partial charge in [-0.05, 0) is 42.0 Å². The van der Waals surface area contributed by atoms with Crippen molar-refractivity contribution in [2.24, 2.45) is 0 Å². The first kappa shape index (κ1) is 16.4. The van der Waals surface area contributed by atoms with Crippen molar-refractivity contribution < 1.29 is 13.7 Å². The van der Waals surface area contributed by atoms with Crippen LogP contribution in [0.2, 0.25) is 5.02 Å². The molecule has 0 bridgehead atoms. The molecule has 6 heteroatoms. The fraction of sp³-hybridized carbons (Fsp3) is 0.190. The van der Waals surface area contributed by atoms with Crippen LogP contribution in [0.3, 0.4) is 0 Å². The quantitative estimate of drug-likeness (QED) is 0.497. The van der Waals surface area contributed by atoms with E-state index in [9.17, 15) is 0 Å². The number of aromatic nitrogens is 1. The SMILES string of the molecule is Clc1ccc(Cc2noc3c4c(ccc23)OCN(Cc2ccco2)C4)cc1. The molecule has 1 aliphatic heterocycles. The number of nitrogens with zero attached hydrogens (tertiary/aromatic N) is 2. The lowest BCUT2D eigenvalue weighted by Gasteiger charge is -2.28. The highest BCUT2D eigenvalue weighted by Crippen LogP contribution is 2.34. The molecule has 0 saturated carbocycles. The largest absolute Gasteiger partial charge is 0.478 e. The van der Waals surface area contributed by atoms with E-state index in [1.165, 1.54) is 0 Å². The maximum Gasteiger partial charge on any atom is 0.175 e. The Morgan fingerprint density at radius 2 is 1.96 bits per heavy atom. The van der Waals surface area contributed by atoms with Crippen LogP contribution >= 0.6 is 11.6 Å².